The molecule has 0 radical (unpaired) electrons. The smallest absolute Gasteiger partial charge is 0.259 e. The molecule has 0 fully saturated rings. The van der Waals surface area contributed by atoms with Gasteiger partial charge in [-0.2, -0.15) is 0 Å². The first kappa shape index (κ1) is 7.52. The molecule has 0 saturated carbocycles. The highest BCUT2D eigenvalue weighted by Crippen LogP contribution is 2.27. The van der Waals surface area contributed by atoms with Crippen LogP contribution in [0.5, 0.6) is 0 Å². The number of anilines is 1. The molecule has 3 nitrogen and oxygen atoms in total. The SMILES string of the molecule is FC(F)C1CCNc2nccn21. The van der Waals surface area contributed by atoms with Gasteiger partial charge in [-0.05, 0) is 6.42 Å². The lowest BCUT2D eigenvalue weighted by Crippen LogP contribution is -2.27. The van der Waals surface area contributed by atoms with Crippen LogP contribution in [0.25, 0.3) is 0 Å². The average molecular weight is 173 g/mol. The molecule has 0 saturated heterocycles. The second-order valence-corrected chi connectivity index (χ2v) is 2.78. The van der Waals surface area contributed by atoms with E-state index in [1.54, 1.807) is 6.20 Å². The fourth-order valence-corrected chi connectivity index (χ4v) is 1.44. The van der Waals surface area contributed by atoms with Crippen LogP contribution in [-0.2, 0) is 0 Å². The van der Waals surface area contributed by atoms with Gasteiger partial charge in [-0.3, -0.25) is 0 Å². The molecule has 0 aromatic carbocycles. The summed E-state index contributed by atoms with van der Waals surface area (Å²) >= 11 is 0. The highest BCUT2D eigenvalue weighted by Gasteiger charge is 2.26. The molecule has 5 heteroatoms. The minimum Gasteiger partial charge on any atom is -0.356 e. The van der Waals surface area contributed by atoms with Gasteiger partial charge in [-0.15, -0.1) is 0 Å². The lowest BCUT2D eigenvalue weighted by Gasteiger charge is -2.24. The van der Waals surface area contributed by atoms with Gasteiger partial charge in [0.25, 0.3) is 6.43 Å². The van der Waals surface area contributed by atoms with Gasteiger partial charge in [0.2, 0.25) is 5.95 Å². The Morgan fingerprint density at radius 3 is 3.25 bits per heavy atom. The number of aromatic nitrogens is 2. The zero-order valence-corrected chi connectivity index (χ0v) is 6.37. The third kappa shape index (κ3) is 1.05. The Kier molecular flexibility index (Phi) is 1.71. The third-order valence-corrected chi connectivity index (χ3v) is 2.04. The molecule has 0 aliphatic carbocycles. The van der Waals surface area contributed by atoms with Gasteiger partial charge >= 0.3 is 0 Å². The average Bonchev–Trinajstić information content (AvgIpc) is 2.49. The Bertz CT molecular complexity index is 271. The van der Waals surface area contributed by atoms with Crippen molar-refractivity contribution in [3.05, 3.63) is 12.4 Å². The molecule has 1 atom stereocenters. The number of nitrogens with zero attached hydrogens (tertiary/aromatic N) is 2. The molecule has 1 N–H and O–H groups in total. The molecule has 1 unspecified atom stereocenters. The predicted molar refractivity (Wildman–Crippen MR) is 40.4 cm³/mol. The first-order chi connectivity index (χ1) is 5.79. The second-order valence-electron chi connectivity index (χ2n) is 2.78. The van der Waals surface area contributed by atoms with Crippen LogP contribution in [0.3, 0.4) is 0 Å². The van der Waals surface area contributed by atoms with Gasteiger partial charge in [0.05, 0.1) is 6.04 Å². The second kappa shape index (κ2) is 2.73. The molecule has 1 aliphatic heterocycles. The molecule has 1 aromatic rings. The van der Waals surface area contributed by atoms with Crippen LogP contribution < -0.4 is 5.32 Å². The number of hydrogen-bond acceptors (Lipinski definition) is 2. The number of rotatable bonds is 1. The van der Waals surface area contributed by atoms with Crippen molar-refractivity contribution in [2.24, 2.45) is 0 Å². The molecule has 66 valence electrons. The summed E-state index contributed by atoms with van der Waals surface area (Å²) in [6, 6.07) is -0.705. The maximum absolute atomic E-state index is 12.4. The highest BCUT2D eigenvalue weighted by molar-refractivity contribution is 5.29. The molecule has 0 spiro atoms. The zero-order chi connectivity index (χ0) is 8.55. The van der Waals surface area contributed by atoms with Crippen molar-refractivity contribution in [1.29, 1.82) is 0 Å². The molecule has 1 aromatic heterocycles. The van der Waals surface area contributed by atoms with Crippen molar-refractivity contribution < 1.29 is 8.78 Å². The minimum absolute atomic E-state index is 0.459. The number of fused-ring (bicyclic) bond motifs is 1. The predicted octanol–water partition coefficient (Wildman–Crippen LogP) is 1.50. The van der Waals surface area contributed by atoms with E-state index in [9.17, 15) is 8.78 Å². The fourth-order valence-electron chi connectivity index (χ4n) is 1.44. The summed E-state index contributed by atoms with van der Waals surface area (Å²) in [6.07, 6.45) is 1.27. The lowest BCUT2D eigenvalue weighted by atomic mass is 10.2. The summed E-state index contributed by atoms with van der Waals surface area (Å²) in [5.74, 6) is 0.548. The summed E-state index contributed by atoms with van der Waals surface area (Å²) in [4.78, 5) is 3.91. The summed E-state index contributed by atoms with van der Waals surface area (Å²) < 4.78 is 26.3. The van der Waals surface area contributed by atoms with Crippen LogP contribution in [0.15, 0.2) is 12.4 Å². The summed E-state index contributed by atoms with van der Waals surface area (Å²) in [5, 5.41) is 2.95. The number of hydrogen-bond donors (Lipinski definition) is 1. The van der Waals surface area contributed by atoms with E-state index in [2.05, 4.69) is 10.3 Å². The van der Waals surface area contributed by atoms with E-state index < -0.39 is 12.5 Å². The van der Waals surface area contributed by atoms with E-state index in [-0.39, 0.29) is 0 Å². The maximum Gasteiger partial charge on any atom is 0.259 e. The highest BCUT2D eigenvalue weighted by atomic mass is 19.3. The van der Waals surface area contributed by atoms with Crippen LogP contribution in [0.2, 0.25) is 0 Å². The minimum atomic E-state index is -2.31. The van der Waals surface area contributed by atoms with Crippen LogP contribution in [0, 0.1) is 0 Å². The monoisotopic (exact) mass is 173 g/mol. The van der Waals surface area contributed by atoms with Gasteiger partial charge in [0.15, 0.2) is 0 Å². The van der Waals surface area contributed by atoms with Crippen LogP contribution >= 0.6 is 0 Å². The number of imidazole rings is 1. The van der Waals surface area contributed by atoms with Crippen molar-refractivity contribution in [3.8, 4) is 0 Å². The number of nitrogens with one attached hydrogen (secondary N) is 1. The van der Waals surface area contributed by atoms with E-state index in [0.717, 1.165) is 0 Å². The molecular formula is C7H9F2N3. The van der Waals surface area contributed by atoms with Gasteiger partial charge in [0.1, 0.15) is 0 Å². The third-order valence-electron chi connectivity index (χ3n) is 2.04. The topological polar surface area (TPSA) is 29.9 Å². The Morgan fingerprint density at radius 1 is 1.67 bits per heavy atom. The molecule has 2 heterocycles. The zero-order valence-electron chi connectivity index (χ0n) is 6.37. The van der Waals surface area contributed by atoms with E-state index in [1.165, 1.54) is 10.8 Å². The first-order valence-electron chi connectivity index (χ1n) is 3.84. The fraction of sp³-hybridized carbons (Fsp3) is 0.571. The van der Waals surface area contributed by atoms with Crippen molar-refractivity contribution >= 4 is 5.95 Å². The van der Waals surface area contributed by atoms with Crippen molar-refractivity contribution in [3.63, 3.8) is 0 Å². The van der Waals surface area contributed by atoms with Gasteiger partial charge in [-0.1, -0.05) is 0 Å². The Hall–Kier alpha value is -1.13. The maximum atomic E-state index is 12.4. The van der Waals surface area contributed by atoms with Crippen LogP contribution in [-0.4, -0.2) is 22.5 Å². The molecule has 0 amide bonds. The lowest BCUT2D eigenvalue weighted by molar-refractivity contribution is 0.0777. The molecular weight excluding hydrogens is 164 g/mol. The largest absolute Gasteiger partial charge is 0.356 e. The molecule has 1 aliphatic rings. The van der Waals surface area contributed by atoms with E-state index in [4.69, 9.17) is 0 Å². The molecule has 2 rings (SSSR count). The van der Waals surface area contributed by atoms with Crippen molar-refractivity contribution in [1.82, 2.24) is 9.55 Å². The Morgan fingerprint density at radius 2 is 2.50 bits per heavy atom. The van der Waals surface area contributed by atoms with Gasteiger partial charge < -0.3 is 9.88 Å². The quantitative estimate of drug-likeness (QED) is 0.697. The Balaban J connectivity index is 2.31. The van der Waals surface area contributed by atoms with Gasteiger partial charge in [-0.25, -0.2) is 13.8 Å². The summed E-state index contributed by atoms with van der Waals surface area (Å²) in [5.41, 5.74) is 0. The van der Waals surface area contributed by atoms with E-state index >= 15 is 0 Å². The molecule has 12 heavy (non-hydrogen) atoms. The standard InChI is InChI=1S/C7H9F2N3/c8-6(9)5-1-2-10-7-11-3-4-12(5)7/h3-6H,1-2H2,(H,10,11). The van der Waals surface area contributed by atoms with Crippen molar-refractivity contribution in [2.75, 3.05) is 11.9 Å². The number of halogens is 2. The first-order valence-corrected chi connectivity index (χ1v) is 3.84. The summed E-state index contributed by atoms with van der Waals surface area (Å²) in [7, 11) is 0. The molecule has 0 bridgehead atoms. The van der Waals surface area contributed by atoms with Crippen molar-refractivity contribution in [2.45, 2.75) is 18.9 Å². The summed E-state index contributed by atoms with van der Waals surface area (Å²) in [6.45, 7) is 0.575. The van der Waals surface area contributed by atoms with Crippen LogP contribution in [0.4, 0.5) is 14.7 Å². The van der Waals surface area contributed by atoms with Gasteiger partial charge in [0, 0.05) is 18.9 Å². The van der Waals surface area contributed by atoms with E-state index in [1.807, 2.05) is 0 Å². The number of alkyl halides is 2. The van der Waals surface area contributed by atoms with Crippen LogP contribution in [0.1, 0.15) is 12.5 Å². The normalized spacial score (nSPS) is 22.1. The van der Waals surface area contributed by atoms with E-state index in [0.29, 0.717) is 18.9 Å². The Labute approximate surface area is 68.4 Å².